The number of rotatable bonds is 6. The minimum Gasteiger partial charge on any atom is -0.373 e. The van der Waals surface area contributed by atoms with Crippen LogP contribution in [0.3, 0.4) is 0 Å². The lowest BCUT2D eigenvalue weighted by Gasteiger charge is -2.29. The maximum Gasteiger partial charge on any atom is 0.343 e. The summed E-state index contributed by atoms with van der Waals surface area (Å²) in [5.41, 5.74) is 1.05. The number of aromatic nitrogens is 4. The molecule has 2 atom stereocenters. The molecule has 0 aliphatic carbocycles. The predicted molar refractivity (Wildman–Crippen MR) is 89.6 cm³/mol. The van der Waals surface area contributed by atoms with E-state index in [1.807, 2.05) is 12.1 Å². The van der Waals surface area contributed by atoms with E-state index >= 15 is 0 Å². The zero-order chi connectivity index (χ0) is 16.1. The topological polar surface area (TPSA) is 72.8 Å². The summed E-state index contributed by atoms with van der Waals surface area (Å²) < 4.78 is 7.65. The van der Waals surface area contributed by atoms with Gasteiger partial charge < -0.3 is 4.74 Å². The summed E-state index contributed by atoms with van der Waals surface area (Å²) in [6.07, 6.45) is 7.63. The zero-order valence-electron chi connectivity index (χ0n) is 13.3. The van der Waals surface area contributed by atoms with Gasteiger partial charge in [-0.25, -0.2) is 9.89 Å². The molecule has 0 saturated carbocycles. The van der Waals surface area contributed by atoms with E-state index in [9.17, 15) is 4.79 Å². The molecular formula is C16H22N4O2S. The first kappa shape index (κ1) is 16.3. The summed E-state index contributed by atoms with van der Waals surface area (Å²) in [6, 6.07) is 4.01. The summed E-state index contributed by atoms with van der Waals surface area (Å²) in [5.74, 6) is 0. The number of ether oxygens (including phenoxy) is 1. The molecule has 0 amide bonds. The first-order chi connectivity index (χ1) is 11.3. The number of hydrogen-bond acceptors (Lipinski definition) is 5. The molecule has 124 valence electrons. The molecule has 1 aliphatic rings. The first-order valence-electron chi connectivity index (χ1n) is 8.11. The third kappa shape index (κ3) is 4.03. The molecule has 2 aromatic rings. The monoisotopic (exact) mass is 334 g/mol. The van der Waals surface area contributed by atoms with Crippen LogP contribution >= 0.6 is 11.8 Å². The maximum atomic E-state index is 11.9. The van der Waals surface area contributed by atoms with Crippen molar-refractivity contribution >= 4 is 11.8 Å². The molecule has 7 heteroatoms. The van der Waals surface area contributed by atoms with Crippen LogP contribution in [0, 0.1) is 0 Å². The minimum absolute atomic E-state index is 0.0963. The Balaban J connectivity index is 1.67. The van der Waals surface area contributed by atoms with E-state index in [4.69, 9.17) is 4.74 Å². The van der Waals surface area contributed by atoms with Crippen LogP contribution in [-0.4, -0.2) is 31.6 Å². The van der Waals surface area contributed by atoms with Crippen LogP contribution in [0.2, 0.25) is 0 Å². The van der Waals surface area contributed by atoms with E-state index in [1.54, 1.807) is 28.7 Å². The predicted octanol–water partition coefficient (Wildman–Crippen LogP) is 2.78. The van der Waals surface area contributed by atoms with Crippen LogP contribution < -0.4 is 5.69 Å². The van der Waals surface area contributed by atoms with Crippen molar-refractivity contribution in [1.82, 2.24) is 19.7 Å². The van der Waals surface area contributed by atoms with Crippen LogP contribution in [0.4, 0.5) is 0 Å². The Kier molecular flexibility index (Phi) is 5.51. The van der Waals surface area contributed by atoms with E-state index < -0.39 is 0 Å². The molecule has 1 saturated heterocycles. The Labute approximate surface area is 139 Å². The van der Waals surface area contributed by atoms with Crippen molar-refractivity contribution in [3.05, 3.63) is 40.6 Å². The maximum absolute atomic E-state index is 11.9. The molecule has 1 fully saturated rings. The molecule has 6 nitrogen and oxygen atoms in total. The number of unbranched alkanes of at least 4 members (excludes halogenated alkanes) is 1. The van der Waals surface area contributed by atoms with Crippen LogP contribution in [0.15, 0.2) is 34.5 Å². The Morgan fingerprint density at radius 2 is 2.26 bits per heavy atom. The van der Waals surface area contributed by atoms with Crippen LogP contribution in [-0.2, 0) is 11.3 Å². The molecule has 2 aromatic heterocycles. The molecular weight excluding hydrogens is 312 g/mol. The van der Waals surface area contributed by atoms with Crippen molar-refractivity contribution in [1.29, 1.82) is 0 Å². The number of thioether (sulfide) groups is 1. The van der Waals surface area contributed by atoms with E-state index in [2.05, 4.69) is 22.1 Å². The van der Waals surface area contributed by atoms with Gasteiger partial charge in [-0.15, -0.1) is 5.10 Å². The summed E-state index contributed by atoms with van der Waals surface area (Å²) >= 11 is 1.69. The molecule has 0 unspecified atom stereocenters. The van der Waals surface area contributed by atoms with Crippen molar-refractivity contribution in [3.63, 3.8) is 0 Å². The molecule has 1 N–H and O–H groups in total. The van der Waals surface area contributed by atoms with Gasteiger partial charge in [0.2, 0.25) is 0 Å². The summed E-state index contributed by atoms with van der Waals surface area (Å²) in [4.78, 5) is 15.9. The van der Waals surface area contributed by atoms with E-state index in [-0.39, 0.29) is 11.8 Å². The van der Waals surface area contributed by atoms with Crippen LogP contribution in [0.1, 0.15) is 44.3 Å². The highest BCUT2D eigenvalue weighted by atomic mass is 32.2. The SMILES string of the molecule is CCCCn1c(S[C@@H]2CCO[C@@H](c3ccncc3)C2)n[nH]c1=O. The lowest BCUT2D eigenvalue weighted by Crippen LogP contribution is -2.23. The third-order valence-electron chi connectivity index (χ3n) is 4.04. The van der Waals surface area contributed by atoms with Gasteiger partial charge in [-0.3, -0.25) is 9.55 Å². The van der Waals surface area contributed by atoms with Gasteiger partial charge in [0.25, 0.3) is 0 Å². The van der Waals surface area contributed by atoms with Gasteiger partial charge >= 0.3 is 5.69 Å². The Morgan fingerprint density at radius 1 is 1.43 bits per heavy atom. The zero-order valence-corrected chi connectivity index (χ0v) is 14.1. The highest BCUT2D eigenvalue weighted by molar-refractivity contribution is 7.99. The number of aromatic amines is 1. The number of nitrogens with one attached hydrogen (secondary N) is 1. The fourth-order valence-corrected chi connectivity index (χ4v) is 3.92. The van der Waals surface area contributed by atoms with Crippen LogP contribution in [0.5, 0.6) is 0 Å². The largest absolute Gasteiger partial charge is 0.373 e. The number of pyridine rings is 1. The molecule has 1 aliphatic heterocycles. The van der Waals surface area contributed by atoms with Gasteiger partial charge in [-0.1, -0.05) is 25.1 Å². The van der Waals surface area contributed by atoms with Crippen molar-refractivity contribution in [2.75, 3.05) is 6.61 Å². The fraction of sp³-hybridized carbons (Fsp3) is 0.562. The van der Waals surface area contributed by atoms with Gasteiger partial charge in [0.05, 0.1) is 6.10 Å². The number of H-pyrrole nitrogens is 1. The summed E-state index contributed by atoms with van der Waals surface area (Å²) in [5, 5.41) is 7.97. The summed E-state index contributed by atoms with van der Waals surface area (Å²) in [7, 11) is 0. The molecule has 0 radical (unpaired) electrons. The Bertz CT molecular complexity index is 670. The van der Waals surface area contributed by atoms with Crippen molar-refractivity contribution in [3.8, 4) is 0 Å². The van der Waals surface area contributed by atoms with Crippen molar-refractivity contribution in [2.24, 2.45) is 0 Å². The standard InChI is InChI=1S/C16H22N4O2S/c1-2-3-9-20-15(21)18-19-16(20)23-13-6-10-22-14(11-13)12-4-7-17-8-5-12/h4-5,7-8,13-14H,2-3,6,9-11H2,1H3,(H,18,21)/t13-,14-/m1/s1. The lowest BCUT2D eigenvalue weighted by atomic mass is 10.0. The van der Waals surface area contributed by atoms with Gasteiger partial charge in [-0.05, 0) is 37.0 Å². The van der Waals surface area contributed by atoms with E-state index in [0.29, 0.717) is 5.25 Å². The van der Waals surface area contributed by atoms with Gasteiger partial charge in [0.15, 0.2) is 5.16 Å². The van der Waals surface area contributed by atoms with E-state index in [0.717, 1.165) is 49.6 Å². The van der Waals surface area contributed by atoms with Gasteiger partial charge in [0, 0.05) is 30.8 Å². The normalized spacial score (nSPS) is 21.4. The molecule has 0 bridgehead atoms. The van der Waals surface area contributed by atoms with Gasteiger partial charge in [-0.2, -0.15) is 0 Å². The number of nitrogens with zero attached hydrogens (tertiary/aromatic N) is 3. The second-order valence-electron chi connectivity index (χ2n) is 5.72. The van der Waals surface area contributed by atoms with Crippen LogP contribution in [0.25, 0.3) is 0 Å². The first-order valence-corrected chi connectivity index (χ1v) is 8.99. The highest BCUT2D eigenvalue weighted by Gasteiger charge is 2.26. The van der Waals surface area contributed by atoms with Crippen molar-refractivity contribution in [2.45, 2.75) is 55.7 Å². The molecule has 3 rings (SSSR count). The van der Waals surface area contributed by atoms with Crippen molar-refractivity contribution < 1.29 is 4.74 Å². The smallest absolute Gasteiger partial charge is 0.343 e. The van der Waals surface area contributed by atoms with E-state index in [1.165, 1.54) is 0 Å². The molecule has 0 aromatic carbocycles. The molecule has 23 heavy (non-hydrogen) atoms. The quantitative estimate of drug-likeness (QED) is 0.879. The highest BCUT2D eigenvalue weighted by Crippen LogP contribution is 2.36. The second kappa shape index (κ2) is 7.79. The summed E-state index contributed by atoms with van der Waals surface area (Å²) in [6.45, 7) is 3.58. The minimum atomic E-state index is -0.112. The third-order valence-corrected chi connectivity index (χ3v) is 5.33. The second-order valence-corrected chi connectivity index (χ2v) is 6.99. The Morgan fingerprint density at radius 3 is 3.04 bits per heavy atom. The number of hydrogen-bond donors (Lipinski definition) is 1. The fourth-order valence-electron chi connectivity index (χ4n) is 2.74. The Hall–Kier alpha value is -1.60. The van der Waals surface area contributed by atoms with Gasteiger partial charge in [0.1, 0.15) is 0 Å². The molecule has 3 heterocycles. The average Bonchev–Trinajstić information content (AvgIpc) is 2.94. The average molecular weight is 334 g/mol. The lowest BCUT2D eigenvalue weighted by molar-refractivity contribution is 0.0177. The molecule has 0 spiro atoms.